The Morgan fingerprint density at radius 1 is 1.10 bits per heavy atom. The van der Waals surface area contributed by atoms with Crippen LogP contribution in [0.1, 0.15) is 51.9 Å². The van der Waals surface area contributed by atoms with Crippen LogP contribution in [0.2, 0.25) is 0 Å². The smallest absolute Gasteiger partial charge is 0.320 e. The minimum Gasteiger partial charge on any atom is -0.481 e. The number of carboxylic acids is 1. The van der Waals surface area contributed by atoms with Gasteiger partial charge in [-0.1, -0.05) is 19.3 Å². The first-order valence-corrected chi connectivity index (χ1v) is 7.77. The van der Waals surface area contributed by atoms with E-state index in [-0.39, 0.29) is 12.1 Å². The molecule has 2 aliphatic rings. The molecule has 0 aromatic rings. The molecule has 2 atom stereocenters. The summed E-state index contributed by atoms with van der Waals surface area (Å²) in [5.74, 6) is -1.19. The zero-order valence-electron chi connectivity index (χ0n) is 12.5. The SMILES string of the molecule is CC1CCC(C(=O)O)CN1C(=O)N(C)C1CCCCC1. The maximum atomic E-state index is 12.6. The molecule has 1 heterocycles. The highest BCUT2D eigenvalue weighted by atomic mass is 16.4. The van der Waals surface area contributed by atoms with Crippen molar-refractivity contribution in [1.29, 1.82) is 0 Å². The molecule has 114 valence electrons. The standard InChI is InChI=1S/C15H26N2O3/c1-11-8-9-12(14(18)19)10-17(11)15(20)16(2)13-6-4-3-5-7-13/h11-13H,3-10H2,1-2H3,(H,18,19). The number of hydrogen-bond donors (Lipinski definition) is 1. The molecule has 20 heavy (non-hydrogen) atoms. The van der Waals surface area contributed by atoms with Gasteiger partial charge in [-0.2, -0.15) is 0 Å². The van der Waals surface area contributed by atoms with Crippen LogP contribution in [0.25, 0.3) is 0 Å². The normalized spacial score (nSPS) is 28.2. The van der Waals surface area contributed by atoms with Gasteiger partial charge in [0.25, 0.3) is 0 Å². The molecular weight excluding hydrogens is 256 g/mol. The van der Waals surface area contributed by atoms with Crippen LogP contribution in [0.15, 0.2) is 0 Å². The molecule has 1 saturated carbocycles. The number of aliphatic carboxylic acids is 1. The monoisotopic (exact) mass is 282 g/mol. The van der Waals surface area contributed by atoms with Gasteiger partial charge in [-0.25, -0.2) is 4.79 Å². The van der Waals surface area contributed by atoms with Gasteiger partial charge in [0.05, 0.1) is 5.92 Å². The van der Waals surface area contributed by atoms with Gasteiger partial charge in [-0.3, -0.25) is 4.79 Å². The van der Waals surface area contributed by atoms with Crippen molar-refractivity contribution >= 4 is 12.0 Å². The fourth-order valence-electron chi connectivity index (χ4n) is 3.40. The highest BCUT2D eigenvalue weighted by Crippen LogP contribution is 2.26. The molecule has 2 fully saturated rings. The Hall–Kier alpha value is -1.26. The second-order valence-corrected chi connectivity index (χ2v) is 6.30. The quantitative estimate of drug-likeness (QED) is 0.846. The molecule has 0 radical (unpaired) electrons. The van der Waals surface area contributed by atoms with E-state index in [2.05, 4.69) is 0 Å². The first-order valence-electron chi connectivity index (χ1n) is 7.77. The van der Waals surface area contributed by atoms with Gasteiger partial charge < -0.3 is 14.9 Å². The summed E-state index contributed by atoms with van der Waals surface area (Å²) >= 11 is 0. The summed E-state index contributed by atoms with van der Waals surface area (Å²) in [5, 5.41) is 9.16. The maximum Gasteiger partial charge on any atom is 0.320 e. The lowest BCUT2D eigenvalue weighted by molar-refractivity contribution is -0.143. The van der Waals surface area contributed by atoms with Crippen molar-refractivity contribution in [1.82, 2.24) is 9.80 Å². The van der Waals surface area contributed by atoms with Gasteiger partial charge in [0.1, 0.15) is 0 Å². The highest BCUT2D eigenvalue weighted by molar-refractivity contribution is 5.77. The van der Waals surface area contributed by atoms with Gasteiger partial charge in [0.2, 0.25) is 0 Å². The average Bonchev–Trinajstić information content (AvgIpc) is 2.47. The predicted molar refractivity (Wildman–Crippen MR) is 76.6 cm³/mol. The Labute approximate surface area is 120 Å². The van der Waals surface area contributed by atoms with Gasteiger partial charge >= 0.3 is 12.0 Å². The third-order valence-corrected chi connectivity index (χ3v) is 4.90. The zero-order valence-corrected chi connectivity index (χ0v) is 12.5. The number of nitrogens with zero attached hydrogens (tertiary/aromatic N) is 2. The van der Waals surface area contributed by atoms with Crippen LogP contribution in [0.5, 0.6) is 0 Å². The third-order valence-electron chi connectivity index (χ3n) is 4.90. The predicted octanol–water partition coefficient (Wildman–Crippen LogP) is 2.56. The molecule has 2 unspecified atom stereocenters. The Bertz CT molecular complexity index is 366. The van der Waals surface area contributed by atoms with Crippen molar-refractivity contribution < 1.29 is 14.7 Å². The Morgan fingerprint density at radius 3 is 2.35 bits per heavy atom. The van der Waals surface area contributed by atoms with E-state index in [0.717, 1.165) is 19.3 Å². The van der Waals surface area contributed by atoms with Gasteiger partial charge in [-0.15, -0.1) is 0 Å². The molecule has 1 aliphatic carbocycles. The topological polar surface area (TPSA) is 60.9 Å². The molecule has 0 aromatic carbocycles. The lowest BCUT2D eigenvalue weighted by Gasteiger charge is -2.41. The molecule has 5 nitrogen and oxygen atoms in total. The Balaban J connectivity index is 2.00. The zero-order chi connectivity index (χ0) is 14.7. The molecule has 1 aliphatic heterocycles. The molecular formula is C15H26N2O3. The summed E-state index contributed by atoms with van der Waals surface area (Å²) in [6, 6.07) is 0.480. The maximum absolute atomic E-state index is 12.6. The molecule has 5 heteroatoms. The molecule has 0 spiro atoms. The van der Waals surface area contributed by atoms with Gasteiger partial charge in [0.15, 0.2) is 0 Å². The minimum atomic E-state index is -0.782. The van der Waals surface area contributed by atoms with E-state index in [0.29, 0.717) is 19.0 Å². The van der Waals surface area contributed by atoms with Crippen LogP contribution in [0.3, 0.4) is 0 Å². The molecule has 2 amide bonds. The fourth-order valence-corrected chi connectivity index (χ4v) is 3.40. The van der Waals surface area contributed by atoms with Crippen molar-refractivity contribution in [2.24, 2.45) is 5.92 Å². The van der Waals surface area contributed by atoms with E-state index in [1.807, 2.05) is 18.9 Å². The second kappa shape index (κ2) is 6.46. The number of likely N-dealkylation sites (tertiary alicyclic amines) is 1. The van der Waals surface area contributed by atoms with Crippen molar-refractivity contribution in [3.8, 4) is 0 Å². The van der Waals surface area contributed by atoms with E-state index < -0.39 is 11.9 Å². The first kappa shape index (κ1) is 15.1. The minimum absolute atomic E-state index is 0.00958. The summed E-state index contributed by atoms with van der Waals surface area (Å²) < 4.78 is 0. The number of urea groups is 1. The van der Waals surface area contributed by atoms with E-state index in [1.54, 1.807) is 4.90 Å². The molecule has 0 bridgehead atoms. The third kappa shape index (κ3) is 3.25. The molecule has 1 saturated heterocycles. The first-order chi connectivity index (χ1) is 9.50. The summed E-state index contributed by atoms with van der Waals surface area (Å²) in [6.07, 6.45) is 7.25. The number of rotatable bonds is 2. The molecule has 1 N–H and O–H groups in total. The highest BCUT2D eigenvalue weighted by Gasteiger charge is 2.35. The lowest BCUT2D eigenvalue weighted by Crippen LogP contribution is -2.54. The number of piperidine rings is 1. The van der Waals surface area contributed by atoms with E-state index >= 15 is 0 Å². The van der Waals surface area contributed by atoms with Crippen molar-refractivity contribution in [3.63, 3.8) is 0 Å². The average molecular weight is 282 g/mol. The number of carboxylic acid groups (broad SMARTS) is 1. The van der Waals surface area contributed by atoms with E-state index in [1.165, 1.54) is 19.3 Å². The fraction of sp³-hybridized carbons (Fsp3) is 0.867. The summed E-state index contributed by atoms with van der Waals surface area (Å²) in [6.45, 7) is 2.37. The number of carbonyl (C=O) groups excluding carboxylic acids is 1. The van der Waals surface area contributed by atoms with Gasteiger partial charge in [0, 0.05) is 25.7 Å². The van der Waals surface area contributed by atoms with Crippen molar-refractivity contribution in [2.75, 3.05) is 13.6 Å². The van der Waals surface area contributed by atoms with E-state index in [9.17, 15) is 9.59 Å². The number of amides is 2. The lowest BCUT2D eigenvalue weighted by atomic mass is 9.93. The number of carbonyl (C=O) groups is 2. The summed E-state index contributed by atoms with van der Waals surface area (Å²) in [4.78, 5) is 27.4. The largest absolute Gasteiger partial charge is 0.481 e. The van der Waals surface area contributed by atoms with Crippen LogP contribution in [-0.2, 0) is 4.79 Å². The van der Waals surface area contributed by atoms with Crippen molar-refractivity contribution in [3.05, 3.63) is 0 Å². The summed E-state index contributed by atoms with van der Waals surface area (Å²) in [5.41, 5.74) is 0. The van der Waals surface area contributed by atoms with Crippen LogP contribution in [0, 0.1) is 5.92 Å². The molecule has 2 rings (SSSR count). The van der Waals surface area contributed by atoms with Crippen molar-refractivity contribution in [2.45, 2.75) is 64.0 Å². The summed E-state index contributed by atoms with van der Waals surface area (Å²) in [7, 11) is 1.87. The second-order valence-electron chi connectivity index (χ2n) is 6.30. The van der Waals surface area contributed by atoms with E-state index in [4.69, 9.17) is 5.11 Å². The molecule has 0 aromatic heterocycles. The van der Waals surface area contributed by atoms with Gasteiger partial charge in [-0.05, 0) is 32.6 Å². The van der Waals surface area contributed by atoms with Crippen LogP contribution in [0.4, 0.5) is 4.79 Å². The van der Waals surface area contributed by atoms with Crippen LogP contribution >= 0.6 is 0 Å². The van der Waals surface area contributed by atoms with Crippen LogP contribution < -0.4 is 0 Å². The Morgan fingerprint density at radius 2 is 1.75 bits per heavy atom. The number of hydrogen-bond acceptors (Lipinski definition) is 2. The van der Waals surface area contributed by atoms with Crippen LogP contribution in [-0.4, -0.2) is 52.6 Å². The Kier molecular flexibility index (Phi) is 4.89.